The summed E-state index contributed by atoms with van der Waals surface area (Å²) in [6.45, 7) is 3.40. The van der Waals surface area contributed by atoms with Crippen molar-refractivity contribution in [1.82, 2.24) is 4.98 Å². The summed E-state index contributed by atoms with van der Waals surface area (Å²) in [6, 6.07) is 28.0. The Kier molecular flexibility index (Phi) is 13.9. The topological polar surface area (TPSA) is 336 Å². The number of hydrogen-bond acceptors (Lipinski definition) is 20. The lowest BCUT2D eigenvalue weighted by molar-refractivity contribution is -0.432. The van der Waals surface area contributed by atoms with E-state index in [2.05, 4.69) is 57.6 Å². The van der Waals surface area contributed by atoms with Crippen LogP contribution in [0.4, 0.5) is 44.4 Å². The van der Waals surface area contributed by atoms with Crippen LogP contribution in [-0.2, 0) is 39.7 Å². The number of thiophene rings is 1. The highest BCUT2D eigenvalue weighted by molar-refractivity contribution is 7.94. The molecule has 0 amide bonds. The number of aryl methyl sites for hydroxylation is 1. The van der Waals surface area contributed by atoms with Crippen molar-refractivity contribution in [1.29, 1.82) is 10.5 Å². The van der Waals surface area contributed by atoms with E-state index in [-0.39, 0.29) is 81.6 Å². The zero-order chi connectivity index (χ0) is 48.3. The monoisotopic (exact) mass is 999 g/mol. The van der Waals surface area contributed by atoms with E-state index < -0.39 is 40.1 Å². The summed E-state index contributed by atoms with van der Waals surface area (Å²) < 4.78 is 105. The third-order valence-corrected chi connectivity index (χ3v) is 13.8. The number of nitrogens with zero attached hydrogens (tertiary/aromatic N) is 7. The molecule has 5 aromatic carbocycles. The van der Waals surface area contributed by atoms with Crippen LogP contribution in [0.3, 0.4) is 0 Å². The molecule has 0 radical (unpaired) electrons. The number of rotatable bonds is 15. The maximum Gasteiger partial charge on any atom is 0.295 e. The fraction of sp³-hybridized carbons (Fsp3) is 0.0488. The molecule has 340 valence electrons. The number of pyridine rings is 1. The maximum absolute atomic E-state index is 12.3. The highest BCUT2D eigenvalue weighted by Gasteiger charge is 2.24. The second-order valence-corrected chi connectivity index (χ2v) is 19.8. The molecule has 7 rings (SSSR count). The molecule has 7 aromatic rings. The normalized spacial score (nSPS) is 12.1. The van der Waals surface area contributed by atoms with Gasteiger partial charge in [0.25, 0.3) is 30.4 Å². The minimum absolute atomic E-state index is 0.0107. The summed E-state index contributed by atoms with van der Waals surface area (Å²) >= 11 is 1.41. The molecule has 0 aliphatic heterocycles. The fourth-order valence-electron chi connectivity index (χ4n) is 6.38. The maximum atomic E-state index is 12.3. The smallest absolute Gasteiger partial charge is 0.295 e. The molecule has 0 aliphatic carbocycles. The molecule has 0 bridgehead atoms. The molecule has 21 nitrogen and oxygen atoms in total. The fourth-order valence-corrected chi connectivity index (χ4v) is 9.49. The van der Waals surface area contributed by atoms with Crippen LogP contribution >= 0.6 is 23.4 Å². The first-order valence-corrected chi connectivity index (χ1v) is 24.5. The predicted octanol–water partition coefficient (Wildman–Crippen LogP) is 10.8. The van der Waals surface area contributed by atoms with Crippen LogP contribution in [0.15, 0.2) is 143 Å². The minimum Gasteiger partial charge on any atom is -0.339 e. The molecule has 26 heteroatoms. The van der Waals surface area contributed by atoms with E-state index in [0.29, 0.717) is 23.2 Å². The molecule has 0 aliphatic rings. The van der Waals surface area contributed by atoms with Crippen molar-refractivity contribution < 1.29 is 53.5 Å². The van der Waals surface area contributed by atoms with Gasteiger partial charge in [0.1, 0.15) is 33.3 Å². The number of benzene rings is 5. The van der Waals surface area contributed by atoms with Gasteiger partial charge in [-0.3, -0.25) is 13.7 Å². The lowest BCUT2D eigenvalue weighted by atomic mass is 10.0. The summed E-state index contributed by atoms with van der Waals surface area (Å²) in [5.74, 6) is -0.0846. The number of anilines is 4. The summed E-state index contributed by atoms with van der Waals surface area (Å²) in [5.41, 5.74) is 2.44. The average Bonchev–Trinajstić information content (AvgIpc) is 3.64. The Morgan fingerprint density at radius 1 is 0.672 bits per heavy atom. The summed E-state index contributed by atoms with van der Waals surface area (Å²) in [6.07, 6.45) is 0. The van der Waals surface area contributed by atoms with E-state index in [1.807, 2.05) is 6.92 Å². The van der Waals surface area contributed by atoms with Crippen molar-refractivity contribution in [2.45, 2.75) is 33.4 Å². The highest BCUT2D eigenvalue weighted by atomic mass is 32.2. The lowest BCUT2D eigenvalue weighted by Gasteiger charge is -2.16. The first kappa shape index (κ1) is 47.9. The Morgan fingerprint density at radius 2 is 1.25 bits per heavy atom. The van der Waals surface area contributed by atoms with Crippen molar-refractivity contribution in [2.75, 3.05) is 10.6 Å². The number of hydrogen-bond donors (Lipinski definition) is 6. The van der Waals surface area contributed by atoms with E-state index in [0.717, 1.165) is 41.2 Å². The molecule has 67 heavy (non-hydrogen) atoms. The third-order valence-electron chi connectivity index (χ3n) is 9.51. The van der Waals surface area contributed by atoms with Gasteiger partial charge in [0, 0.05) is 32.8 Å². The molecular weight excluding hydrogens is 971 g/mol. The van der Waals surface area contributed by atoms with E-state index in [1.54, 1.807) is 24.3 Å². The molecule has 0 atom stereocenters. The largest absolute Gasteiger partial charge is 0.339 e. The predicted molar refractivity (Wildman–Crippen MR) is 245 cm³/mol. The van der Waals surface area contributed by atoms with E-state index in [9.17, 15) is 49.4 Å². The second kappa shape index (κ2) is 19.4. The Labute approximate surface area is 389 Å². The van der Waals surface area contributed by atoms with Crippen LogP contribution in [0.5, 0.6) is 0 Å². The molecule has 0 saturated carbocycles. The quantitative estimate of drug-likeness (QED) is 0.0183. The Morgan fingerprint density at radius 3 is 1.81 bits per heavy atom. The zero-order valence-corrected chi connectivity index (χ0v) is 38.1. The van der Waals surface area contributed by atoms with Crippen molar-refractivity contribution in [3.63, 3.8) is 0 Å². The van der Waals surface area contributed by atoms with Gasteiger partial charge in [-0.1, -0.05) is 58.3 Å². The number of nitriles is 2. The van der Waals surface area contributed by atoms with Crippen molar-refractivity contribution in [3.05, 3.63) is 125 Å². The molecule has 0 spiro atoms. The molecule has 0 fully saturated rings. The van der Waals surface area contributed by atoms with E-state index in [1.165, 1.54) is 61.5 Å². The van der Waals surface area contributed by atoms with Crippen LogP contribution in [-0.4, -0.2) is 49.2 Å². The van der Waals surface area contributed by atoms with Crippen molar-refractivity contribution in [3.8, 4) is 23.3 Å². The average molecular weight is 1000 g/mol. The lowest BCUT2D eigenvalue weighted by Crippen LogP contribution is -2.05. The molecule has 2 heterocycles. The first-order valence-electron chi connectivity index (χ1n) is 18.6. The Hall–Kier alpha value is -7.05. The molecule has 0 unspecified atom stereocenters. The SMILES string of the molecule is Cc1ccc(-c2c(/N=N/c3cc(SOOO)c4cccc(S(=O)(=O)O)c4c3)sc(/N=N/c3c(Nc4ccc(S(=O)(=O)O)cc4)nc(Nc4ccc(S(=O)(=O)O)cc4)c(C#N)c3C)c2C#N)cc1. The number of azo groups is 2. The van der Waals surface area contributed by atoms with Crippen LogP contribution in [0.1, 0.15) is 22.3 Å². The summed E-state index contributed by atoms with van der Waals surface area (Å²) in [4.78, 5) is 3.56. The molecule has 6 N–H and O–H groups in total. The van der Waals surface area contributed by atoms with Gasteiger partial charge < -0.3 is 10.6 Å². The third kappa shape index (κ3) is 10.8. The second-order valence-electron chi connectivity index (χ2n) is 13.9. The van der Waals surface area contributed by atoms with Crippen molar-refractivity contribution >= 4 is 109 Å². The highest BCUT2D eigenvalue weighted by Crippen LogP contribution is 2.49. The van der Waals surface area contributed by atoms with Crippen LogP contribution in [0.2, 0.25) is 0 Å². The van der Waals surface area contributed by atoms with Gasteiger partial charge in [0.15, 0.2) is 16.6 Å². The first-order chi connectivity index (χ1) is 31.8. The van der Waals surface area contributed by atoms with Crippen LogP contribution in [0, 0.1) is 36.5 Å². The van der Waals surface area contributed by atoms with Gasteiger partial charge in [0.05, 0.1) is 33.1 Å². The molecule has 2 aromatic heterocycles. The van der Waals surface area contributed by atoms with E-state index in [4.69, 9.17) is 5.26 Å². The minimum atomic E-state index is -4.74. The van der Waals surface area contributed by atoms with Crippen LogP contribution < -0.4 is 10.6 Å². The molecule has 0 saturated heterocycles. The van der Waals surface area contributed by atoms with Gasteiger partial charge in [-0.2, -0.15) is 35.8 Å². The van der Waals surface area contributed by atoms with Crippen LogP contribution in [0.25, 0.3) is 21.9 Å². The van der Waals surface area contributed by atoms with Gasteiger partial charge in [-0.15, -0.1) is 24.8 Å². The van der Waals surface area contributed by atoms with Gasteiger partial charge in [-0.25, -0.2) is 10.2 Å². The zero-order valence-electron chi connectivity index (χ0n) is 34.0. The van der Waals surface area contributed by atoms with Gasteiger partial charge >= 0.3 is 0 Å². The summed E-state index contributed by atoms with van der Waals surface area (Å²) in [7, 11) is -13.8. The number of fused-ring (bicyclic) bond motifs is 1. The number of aromatic nitrogens is 1. The summed E-state index contributed by atoms with van der Waals surface area (Å²) in [5, 5.41) is 57.8. The molecular formula is C41H29N9O12S5. The van der Waals surface area contributed by atoms with Gasteiger partial charge in [-0.05, 0) is 91.5 Å². The number of nitrogens with one attached hydrogen (secondary N) is 2. The Bertz CT molecular complexity index is 3580. The van der Waals surface area contributed by atoms with Gasteiger partial charge in [0.2, 0.25) is 0 Å². The standard InChI is InChI=1S/C41H29N9O12S5/c1-22-6-8-24(9-7-22)36-33(21-43)40(63-41(36)50-47-27-18-31-30(34(19-27)64-62-61-51)4-3-5-35(31)67(58,59)60)49-48-37-23(2)32(20-42)38(44-25-10-14-28(15-11-25)65(52,53)54)46-39(37)45-26-12-16-29(17-13-26)66(55,56)57/h3-19,51H,1-2H3,(H2,44,45,46)(H,52,53,54)(H,55,56,57)(H,58,59,60)/b49-48+,50-47+. The Balaban J connectivity index is 1.37. The van der Waals surface area contributed by atoms with E-state index >= 15 is 0 Å². The van der Waals surface area contributed by atoms with Crippen molar-refractivity contribution in [2.24, 2.45) is 20.5 Å².